The third-order valence-electron chi connectivity index (χ3n) is 2.74. The zero-order valence-corrected chi connectivity index (χ0v) is 12.2. The first kappa shape index (κ1) is 16.0. The van der Waals surface area contributed by atoms with Crippen molar-refractivity contribution < 1.29 is 14.3 Å². The summed E-state index contributed by atoms with van der Waals surface area (Å²) < 4.78 is 5.20. The van der Waals surface area contributed by atoms with Crippen molar-refractivity contribution in [3.63, 3.8) is 0 Å². The molecule has 0 spiro atoms. The molecule has 0 fully saturated rings. The van der Waals surface area contributed by atoms with Crippen LogP contribution in [0, 0.1) is 5.92 Å². The van der Waals surface area contributed by atoms with Gasteiger partial charge in [-0.25, -0.2) is 0 Å². The Kier molecular flexibility index (Phi) is 5.99. The maximum absolute atomic E-state index is 12.0. The number of nitrogens with one attached hydrogen (secondary N) is 3. The van der Waals surface area contributed by atoms with E-state index < -0.39 is 0 Å². The molecule has 0 saturated carbocycles. The molecule has 110 valence electrons. The molecule has 0 bridgehead atoms. The van der Waals surface area contributed by atoms with E-state index in [1.165, 1.54) is 14.0 Å². The Balaban J connectivity index is 2.90. The molecule has 6 heteroatoms. The Hall–Kier alpha value is -2.08. The van der Waals surface area contributed by atoms with Crippen LogP contribution in [0.1, 0.15) is 13.8 Å². The minimum Gasteiger partial charge on any atom is -0.495 e. The Morgan fingerprint density at radius 3 is 2.55 bits per heavy atom. The fourth-order valence-corrected chi connectivity index (χ4v) is 1.74. The summed E-state index contributed by atoms with van der Waals surface area (Å²) in [5, 5.41) is 8.42. The summed E-state index contributed by atoms with van der Waals surface area (Å²) in [6.45, 7) is 3.84. The molecule has 0 aliphatic carbocycles. The molecule has 3 N–H and O–H groups in total. The van der Waals surface area contributed by atoms with Crippen molar-refractivity contribution in [2.24, 2.45) is 5.92 Å². The molecule has 0 aliphatic rings. The lowest BCUT2D eigenvalue weighted by atomic mass is 10.1. The van der Waals surface area contributed by atoms with E-state index in [1.54, 1.807) is 25.2 Å². The standard InChI is InChI=1S/C14H21N3O3/c1-9(8-15-3)14(19)17-12-7-11(16-10(2)18)5-6-13(12)20-4/h5-7,9,15H,8H2,1-4H3,(H,16,18)(H,17,19). The average Bonchev–Trinajstić information content (AvgIpc) is 2.38. The van der Waals surface area contributed by atoms with Gasteiger partial charge in [0.1, 0.15) is 5.75 Å². The molecule has 1 rings (SSSR count). The summed E-state index contributed by atoms with van der Waals surface area (Å²) in [5.74, 6) is 0.0897. The second kappa shape index (κ2) is 7.49. The third-order valence-corrected chi connectivity index (χ3v) is 2.74. The van der Waals surface area contributed by atoms with Crippen molar-refractivity contribution in [3.8, 4) is 5.75 Å². The smallest absolute Gasteiger partial charge is 0.228 e. The van der Waals surface area contributed by atoms with Gasteiger partial charge in [0.15, 0.2) is 0 Å². The average molecular weight is 279 g/mol. The predicted molar refractivity (Wildman–Crippen MR) is 79.0 cm³/mol. The van der Waals surface area contributed by atoms with Crippen LogP contribution in [-0.2, 0) is 9.59 Å². The highest BCUT2D eigenvalue weighted by molar-refractivity contribution is 5.96. The van der Waals surface area contributed by atoms with Crippen LogP contribution in [0.3, 0.4) is 0 Å². The van der Waals surface area contributed by atoms with Gasteiger partial charge in [-0.2, -0.15) is 0 Å². The second-order valence-corrected chi connectivity index (χ2v) is 4.54. The van der Waals surface area contributed by atoms with E-state index >= 15 is 0 Å². The molecule has 1 unspecified atom stereocenters. The summed E-state index contributed by atoms with van der Waals surface area (Å²) in [7, 11) is 3.32. The van der Waals surface area contributed by atoms with Gasteiger partial charge < -0.3 is 20.7 Å². The van der Waals surface area contributed by atoms with E-state index in [2.05, 4.69) is 16.0 Å². The number of ether oxygens (including phenoxy) is 1. The monoisotopic (exact) mass is 279 g/mol. The van der Waals surface area contributed by atoms with Crippen molar-refractivity contribution in [2.45, 2.75) is 13.8 Å². The fourth-order valence-electron chi connectivity index (χ4n) is 1.74. The maximum Gasteiger partial charge on any atom is 0.228 e. The number of carbonyl (C=O) groups excluding carboxylic acids is 2. The van der Waals surface area contributed by atoms with E-state index in [1.807, 2.05) is 6.92 Å². The first-order valence-electron chi connectivity index (χ1n) is 6.39. The van der Waals surface area contributed by atoms with Crippen molar-refractivity contribution in [2.75, 3.05) is 31.3 Å². The molecule has 1 atom stereocenters. The molecular weight excluding hydrogens is 258 g/mol. The quantitative estimate of drug-likeness (QED) is 0.736. The Bertz CT molecular complexity index is 489. The van der Waals surface area contributed by atoms with Gasteiger partial charge in [0.2, 0.25) is 11.8 Å². The van der Waals surface area contributed by atoms with Gasteiger partial charge in [-0.3, -0.25) is 9.59 Å². The highest BCUT2D eigenvalue weighted by atomic mass is 16.5. The van der Waals surface area contributed by atoms with E-state index in [0.29, 0.717) is 23.7 Å². The number of benzene rings is 1. The summed E-state index contributed by atoms with van der Waals surface area (Å²) in [6.07, 6.45) is 0. The van der Waals surface area contributed by atoms with Crippen LogP contribution in [0.5, 0.6) is 5.75 Å². The molecule has 0 saturated heterocycles. The van der Waals surface area contributed by atoms with Gasteiger partial charge in [0.25, 0.3) is 0 Å². The van der Waals surface area contributed by atoms with Gasteiger partial charge in [0.05, 0.1) is 12.8 Å². The van der Waals surface area contributed by atoms with E-state index in [-0.39, 0.29) is 17.7 Å². The number of carbonyl (C=O) groups is 2. The van der Waals surface area contributed by atoms with Gasteiger partial charge in [-0.05, 0) is 25.2 Å². The summed E-state index contributed by atoms with van der Waals surface area (Å²) in [5.41, 5.74) is 1.14. The molecule has 0 radical (unpaired) electrons. The highest BCUT2D eigenvalue weighted by Gasteiger charge is 2.14. The molecule has 1 aromatic carbocycles. The van der Waals surface area contributed by atoms with Crippen molar-refractivity contribution >= 4 is 23.2 Å². The van der Waals surface area contributed by atoms with Crippen LogP contribution >= 0.6 is 0 Å². The minimum absolute atomic E-state index is 0.113. The molecule has 6 nitrogen and oxygen atoms in total. The lowest BCUT2D eigenvalue weighted by molar-refractivity contribution is -0.119. The predicted octanol–water partition coefficient (Wildman–Crippen LogP) is 1.45. The van der Waals surface area contributed by atoms with Gasteiger partial charge >= 0.3 is 0 Å². The Labute approximate surface area is 118 Å². The molecule has 1 aromatic rings. The summed E-state index contributed by atoms with van der Waals surface area (Å²) >= 11 is 0. The zero-order valence-electron chi connectivity index (χ0n) is 12.2. The van der Waals surface area contributed by atoms with Crippen LogP contribution in [0.4, 0.5) is 11.4 Å². The van der Waals surface area contributed by atoms with Crippen LogP contribution < -0.4 is 20.7 Å². The molecule has 2 amide bonds. The second-order valence-electron chi connectivity index (χ2n) is 4.54. The SMILES string of the molecule is CNCC(C)C(=O)Nc1cc(NC(C)=O)ccc1OC. The van der Waals surface area contributed by atoms with Crippen LogP contribution in [0.15, 0.2) is 18.2 Å². The lowest BCUT2D eigenvalue weighted by Gasteiger charge is -2.15. The van der Waals surface area contributed by atoms with Gasteiger partial charge in [0, 0.05) is 25.1 Å². The molecule has 0 aliphatic heterocycles. The largest absolute Gasteiger partial charge is 0.495 e. The van der Waals surface area contributed by atoms with E-state index in [4.69, 9.17) is 4.74 Å². The molecule has 0 aromatic heterocycles. The minimum atomic E-state index is -0.172. The Morgan fingerprint density at radius 2 is 2.00 bits per heavy atom. The van der Waals surface area contributed by atoms with Crippen molar-refractivity contribution in [3.05, 3.63) is 18.2 Å². The lowest BCUT2D eigenvalue weighted by Crippen LogP contribution is -2.28. The number of anilines is 2. The summed E-state index contributed by atoms with van der Waals surface area (Å²) in [6, 6.07) is 5.08. The van der Waals surface area contributed by atoms with Crippen LogP contribution in [0.25, 0.3) is 0 Å². The number of amides is 2. The maximum atomic E-state index is 12.0. The van der Waals surface area contributed by atoms with Gasteiger partial charge in [-0.15, -0.1) is 0 Å². The topological polar surface area (TPSA) is 79.5 Å². The summed E-state index contributed by atoms with van der Waals surface area (Å²) in [4.78, 5) is 23.1. The van der Waals surface area contributed by atoms with Gasteiger partial charge in [-0.1, -0.05) is 6.92 Å². The molecule has 0 heterocycles. The zero-order chi connectivity index (χ0) is 15.1. The highest BCUT2D eigenvalue weighted by Crippen LogP contribution is 2.28. The first-order valence-corrected chi connectivity index (χ1v) is 6.39. The van der Waals surface area contributed by atoms with Crippen LogP contribution in [0.2, 0.25) is 0 Å². The van der Waals surface area contributed by atoms with Crippen molar-refractivity contribution in [1.29, 1.82) is 0 Å². The number of hydrogen-bond donors (Lipinski definition) is 3. The van der Waals surface area contributed by atoms with Crippen LogP contribution in [-0.4, -0.2) is 32.5 Å². The number of methoxy groups -OCH3 is 1. The Morgan fingerprint density at radius 1 is 1.30 bits per heavy atom. The van der Waals surface area contributed by atoms with E-state index in [9.17, 15) is 9.59 Å². The normalized spacial score (nSPS) is 11.6. The third kappa shape index (κ3) is 4.55. The number of hydrogen-bond acceptors (Lipinski definition) is 4. The fraction of sp³-hybridized carbons (Fsp3) is 0.429. The molecular formula is C14H21N3O3. The number of rotatable bonds is 6. The molecule has 20 heavy (non-hydrogen) atoms. The first-order chi connectivity index (χ1) is 9.47. The van der Waals surface area contributed by atoms with Crippen molar-refractivity contribution in [1.82, 2.24) is 5.32 Å². The van der Waals surface area contributed by atoms with E-state index in [0.717, 1.165) is 0 Å².